The van der Waals surface area contributed by atoms with E-state index in [1.165, 1.54) is 7.11 Å². The molecule has 1 amide bonds. The lowest BCUT2D eigenvalue weighted by molar-refractivity contribution is -0.117. The van der Waals surface area contributed by atoms with E-state index in [9.17, 15) is 9.59 Å². The van der Waals surface area contributed by atoms with E-state index >= 15 is 0 Å². The number of hydrogen-bond donors (Lipinski definition) is 2. The predicted molar refractivity (Wildman–Crippen MR) is 60.1 cm³/mol. The van der Waals surface area contributed by atoms with Crippen LogP contribution in [-0.4, -0.2) is 25.5 Å². The van der Waals surface area contributed by atoms with Gasteiger partial charge in [-0.15, -0.1) is 0 Å². The number of carbonyl (C=O) groups is 2. The van der Waals surface area contributed by atoms with Crippen LogP contribution >= 0.6 is 0 Å². The van der Waals surface area contributed by atoms with Crippen molar-refractivity contribution in [3.8, 4) is 0 Å². The van der Waals surface area contributed by atoms with Crippen molar-refractivity contribution < 1.29 is 14.3 Å². The Labute approximate surface area is 93.6 Å². The molecule has 5 nitrogen and oxygen atoms in total. The number of esters is 1. The van der Waals surface area contributed by atoms with Crippen molar-refractivity contribution in [2.75, 3.05) is 19.0 Å². The Hall–Kier alpha value is -2.04. The number of primary amides is 1. The summed E-state index contributed by atoms with van der Waals surface area (Å²) >= 11 is 0. The average Bonchev–Trinajstić information content (AvgIpc) is 2.28. The first kappa shape index (κ1) is 12.0. The first-order chi connectivity index (χ1) is 7.65. The summed E-state index contributed by atoms with van der Waals surface area (Å²) in [5, 5.41) is 2.96. The van der Waals surface area contributed by atoms with Crippen LogP contribution in [0.15, 0.2) is 24.3 Å². The fourth-order valence-corrected chi connectivity index (χ4v) is 1.25. The van der Waals surface area contributed by atoms with Gasteiger partial charge in [-0.1, -0.05) is 12.1 Å². The van der Waals surface area contributed by atoms with E-state index in [0.29, 0.717) is 17.8 Å². The van der Waals surface area contributed by atoms with Gasteiger partial charge in [-0.3, -0.25) is 4.79 Å². The van der Waals surface area contributed by atoms with Crippen LogP contribution in [-0.2, 0) is 9.53 Å². The summed E-state index contributed by atoms with van der Waals surface area (Å²) in [6.45, 7) is 0.392. The van der Waals surface area contributed by atoms with Crippen molar-refractivity contribution in [3.05, 3.63) is 29.8 Å². The first-order valence-corrected chi connectivity index (χ1v) is 4.84. The maximum atomic E-state index is 11.4. The number of ether oxygens (including phenoxy) is 1. The smallest absolute Gasteiger partial charge is 0.339 e. The van der Waals surface area contributed by atoms with Gasteiger partial charge in [-0.25, -0.2) is 4.79 Å². The molecule has 0 saturated carbocycles. The molecule has 1 aromatic rings. The Kier molecular flexibility index (Phi) is 4.32. The number of hydrogen-bond acceptors (Lipinski definition) is 4. The van der Waals surface area contributed by atoms with Gasteiger partial charge in [0.2, 0.25) is 5.91 Å². The minimum atomic E-state index is -0.415. The van der Waals surface area contributed by atoms with E-state index in [1.807, 2.05) is 0 Å². The highest BCUT2D eigenvalue weighted by atomic mass is 16.5. The molecule has 0 atom stereocenters. The van der Waals surface area contributed by atoms with E-state index < -0.39 is 5.97 Å². The third kappa shape index (κ3) is 3.27. The van der Waals surface area contributed by atoms with Gasteiger partial charge in [0.1, 0.15) is 0 Å². The molecule has 0 aliphatic heterocycles. The molecule has 16 heavy (non-hydrogen) atoms. The molecule has 0 radical (unpaired) electrons. The van der Waals surface area contributed by atoms with Gasteiger partial charge < -0.3 is 15.8 Å². The number of benzene rings is 1. The van der Waals surface area contributed by atoms with Gasteiger partial charge in [-0.05, 0) is 12.1 Å². The minimum Gasteiger partial charge on any atom is -0.465 e. The molecule has 0 unspecified atom stereocenters. The summed E-state index contributed by atoms with van der Waals surface area (Å²) in [5.74, 6) is -0.801. The summed E-state index contributed by atoms with van der Waals surface area (Å²) in [4.78, 5) is 21.9. The van der Waals surface area contributed by atoms with Crippen LogP contribution in [0.4, 0.5) is 5.69 Å². The third-order valence-electron chi connectivity index (χ3n) is 2.02. The molecular formula is C11H14N2O3. The molecule has 0 aromatic heterocycles. The monoisotopic (exact) mass is 222 g/mol. The lowest BCUT2D eigenvalue weighted by atomic mass is 10.2. The van der Waals surface area contributed by atoms with Crippen molar-refractivity contribution in [1.82, 2.24) is 0 Å². The van der Waals surface area contributed by atoms with E-state index in [2.05, 4.69) is 10.1 Å². The van der Waals surface area contributed by atoms with Gasteiger partial charge in [0.15, 0.2) is 0 Å². The van der Waals surface area contributed by atoms with Crippen molar-refractivity contribution in [3.63, 3.8) is 0 Å². The summed E-state index contributed by atoms with van der Waals surface area (Å²) in [7, 11) is 1.32. The second-order valence-corrected chi connectivity index (χ2v) is 3.18. The number of para-hydroxylation sites is 1. The number of rotatable bonds is 5. The fraction of sp³-hybridized carbons (Fsp3) is 0.273. The molecule has 5 heteroatoms. The van der Waals surface area contributed by atoms with Crippen LogP contribution < -0.4 is 11.1 Å². The van der Waals surface area contributed by atoms with Crippen LogP contribution in [0.25, 0.3) is 0 Å². The Morgan fingerprint density at radius 2 is 2.06 bits per heavy atom. The Balaban J connectivity index is 2.71. The highest BCUT2D eigenvalue weighted by Crippen LogP contribution is 2.15. The number of methoxy groups -OCH3 is 1. The SMILES string of the molecule is COC(=O)c1ccccc1NCCC(N)=O. The molecule has 1 rings (SSSR count). The van der Waals surface area contributed by atoms with Crippen molar-refractivity contribution in [2.24, 2.45) is 5.73 Å². The maximum absolute atomic E-state index is 11.4. The Bertz CT molecular complexity index is 391. The number of amides is 1. The molecule has 0 saturated heterocycles. The highest BCUT2D eigenvalue weighted by Gasteiger charge is 2.10. The second-order valence-electron chi connectivity index (χ2n) is 3.18. The normalized spacial score (nSPS) is 9.56. The molecule has 0 spiro atoms. The number of nitrogens with two attached hydrogens (primary N) is 1. The van der Waals surface area contributed by atoms with E-state index in [4.69, 9.17) is 5.73 Å². The van der Waals surface area contributed by atoms with Gasteiger partial charge >= 0.3 is 5.97 Å². The summed E-state index contributed by atoms with van der Waals surface area (Å²) < 4.78 is 4.63. The summed E-state index contributed by atoms with van der Waals surface area (Å²) in [6, 6.07) is 6.93. The first-order valence-electron chi connectivity index (χ1n) is 4.84. The number of carbonyl (C=O) groups excluding carboxylic acids is 2. The average molecular weight is 222 g/mol. The molecule has 0 heterocycles. The summed E-state index contributed by atoms with van der Waals surface area (Å²) in [6.07, 6.45) is 0.218. The standard InChI is InChI=1S/C11H14N2O3/c1-16-11(15)8-4-2-3-5-9(8)13-7-6-10(12)14/h2-5,13H,6-7H2,1H3,(H2,12,14). The number of nitrogens with one attached hydrogen (secondary N) is 1. The molecule has 86 valence electrons. The molecule has 3 N–H and O–H groups in total. The zero-order valence-electron chi connectivity index (χ0n) is 9.03. The molecule has 0 aliphatic carbocycles. The van der Waals surface area contributed by atoms with Crippen LogP contribution in [0, 0.1) is 0 Å². The molecule has 0 fully saturated rings. The zero-order valence-corrected chi connectivity index (χ0v) is 9.03. The fourth-order valence-electron chi connectivity index (χ4n) is 1.25. The van der Waals surface area contributed by atoms with Gasteiger partial charge in [0.05, 0.1) is 12.7 Å². The van der Waals surface area contributed by atoms with Crippen LogP contribution in [0.3, 0.4) is 0 Å². The molecule has 0 aliphatic rings. The van der Waals surface area contributed by atoms with E-state index in [0.717, 1.165) is 0 Å². The third-order valence-corrected chi connectivity index (χ3v) is 2.02. The van der Waals surface area contributed by atoms with E-state index in [-0.39, 0.29) is 12.3 Å². The molecule has 1 aromatic carbocycles. The zero-order chi connectivity index (χ0) is 12.0. The van der Waals surface area contributed by atoms with E-state index in [1.54, 1.807) is 24.3 Å². The van der Waals surface area contributed by atoms with Gasteiger partial charge in [0, 0.05) is 18.7 Å². The van der Waals surface area contributed by atoms with Gasteiger partial charge in [0.25, 0.3) is 0 Å². The Morgan fingerprint density at radius 3 is 2.69 bits per heavy atom. The summed E-state index contributed by atoms with van der Waals surface area (Å²) in [5.41, 5.74) is 6.08. The van der Waals surface area contributed by atoms with Crippen molar-refractivity contribution in [1.29, 1.82) is 0 Å². The number of anilines is 1. The van der Waals surface area contributed by atoms with Crippen LogP contribution in [0.2, 0.25) is 0 Å². The van der Waals surface area contributed by atoms with Crippen molar-refractivity contribution >= 4 is 17.6 Å². The topological polar surface area (TPSA) is 81.4 Å². The maximum Gasteiger partial charge on any atom is 0.339 e. The quantitative estimate of drug-likeness (QED) is 0.721. The lowest BCUT2D eigenvalue weighted by Gasteiger charge is -2.09. The Morgan fingerprint density at radius 1 is 1.38 bits per heavy atom. The minimum absolute atomic E-state index is 0.218. The highest BCUT2D eigenvalue weighted by molar-refractivity contribution is 5.95. The van der Waals surface area contributed by atoms with Crippen LogP contribution in [0.1, 0.15) is 16.8 Å². The van der Waals surface area contributed by atoms with Crippen LogP contribution in [0.5, 0.6) is 0 Å². The molecule has 0 bridgehead atoms. The van der Waals surface area contributed by atoms with Crippen molar-refractivity contribution in [2.45, 2.75) is 6.42 Å². The largest absolute Gasteiger partial charge is 0.465 e. The lowest BCUT2D eigenvalue weighted by Crippen LogP contribution is -2.17. The predicted octanol–water partition coefficient (Wildman–Crippen LogP) is 0.760. The second kappa shape index (κ2) is 5.75. The molecular weight excluding hydrogens is 208 g/mol. The van der Waals surface area contributed by atoms with Gasteiger partial charge in [-0.2, -0.15) is 0 Å².